The van der Waals surface area contributed by atoms with Gasteiger partial charge in [-0.05, 0) is 28.9 Å². The number of nitrogens with two attached hydrogens (primary N) is 1. The Morgan fingerprint density at radius 2 is 2.00 bits per heavy atom. The maximum absolute atomic E-state index is 13.0. The monoisotopic (exact) mass is 281 g/mol. The predicted octanol–water partition coefficient (Wildman–Crippen LogP) is 1.81. The first-order chi connectivity index (χ1) is 6.86. The van der Waals surface area contributed by atoms with Crippen LogP contribution in [0.25, 0.3) is 0 Å². The first-order valence-corrected chi connectivity index (χ1v) is 4.95. The highest BCUT2D eigenvalue weighted by atomic mass is 79.9. The van der Waals surface area contributed by atoms with Gasteiger partial charge in [-0.15, -0.1) is 0 Å². The second kappa shape index (κ2) is 4.42. The van der Waals surface area contributed by atoms with Gasteiger partial charge in [0.1, 0.15) is 5.75 Å². The Morgan fingerprint density at radius 1 is 1.47 bits per heavy atom. The van der Waals surface area contributed by atoms with Crippen LogP contribution in [0.2, 0.25) is 0 Å². The van der Waals surface area contributed by atoms with Crippen molar-refractivity contribution in [2.24, 2.45) is 5.73 Å². The van der Waals surface area contributed by atoms with Crippen LogP contribution in [-0.2, 0) is 0 Å². The molecule has 84 valence electrons. The Kier molecular flexibility index (Phi) is 3.64. The summed E-state index contributed by atoms with van der Waals surface area (Å²) in [7, 11) is 0. The molecule has 0 aliphatic carbocycles. The summed E-state index contributed by atoms with van der Waals surface area (Å²) in [5.41, 5.74) is 5.24. The molecule has 6 heteroatoms. The number of aliphatic hydroxyl groups is 1. The van der Waals surface area contributed by atoms with Crippen molar-refractivity contribution in [2.75, 3.05) is 0 Å². The highest BCUT2D eigenvalue weighted by molar-refractivity contribution is 9.10. The maximum atomic E-state index is 13.0. The number of phenols is 1. The third-order valence-corrected chi connectivity index (χ3v) is 2.71. The van der Waals surface area contributed by atoms with Gasteiger partial charge in [-0.2, -0.15) is 0 Å². The Morgan fingerprint density at radius 3 is 2.47 bits per heavy atom. The molecule has 2 unspecified atom stereocenters. The lowest BCUT2D eigenvalue weighted by Crippen LogP contribution is -2.24. The van der Waals surface area contributed by atoms with Crippen molar-refractivity contribution in [2.45, 2.75) is 19.1 Å². The van der Waals surface area contributed by atoms with Crippen molar-refractivity contribution in [1.29, 1.82) is 0 Å². The molecule has 0 aliphatic heterocycles. The average Bonchev–Trinajstić information content (AvgIpc) is 2.19. The summed E-state index contributed by atoms with van der Waals surface area (Å²) in [6.07, 6.45) is -1.25. The van der Waals surface area contributed by atoms with Gasteiger partial charge in [-0.3, -0.25) is 0 Å². The van der Waals surface area contributed by atoms with Crippen molar-refractivity contribution in [3.63, 3.8) is 0 Å². The third kappa shape index (κ3) is 2.27. The molecule has 1 rings (SSSR count). The van der Waals surface area contributed by atoms with E-state index in [1.807, 2.05) is 0 Å². The van der Waals surface area contributed by atoms with Gasteiger partial charge in [0, 0.05) is 11.6 Å². The number of rotatable bonds is 2. The number of benzene rings is 1. The fourth-order valence-electron chi connectivity index (χ4n) is 1.11. The highest BCUT2D eigenvalue weighted by Crippen LogP contribution is 2.36. The fourth-order valence-corrected chi connectivity index (χ4v) is 1.53. The molecule has 0 spiro atoms. The van der Waals surface area contributed by atoms with Crippen LogP contribution >= 0.6 is 15.9 Å². The van der Waals surface area contributed by atoms with E-state index in [2.05, 4.69) is 15.9 Å². The quantitative estimate of drug-likeness (QED) is 0.725. The molecule has 0 radical (unpaired) electrons. The van der Waals surface area contributed by atoms with Crippen molar-refractivity contribution in [3.05, 3.63) is 27.7 Å². The number of phenolic OH excluding ortho intramolecular Hbond substituents is 1. The van der Waals surface area contributed by atoms with Crippen LogP contribution < -0.4 is 5.73 Å². The lowest BCUT2D eigenvalue weighted by molar-refractivity contribution is 0.149. The molecular formula is C9H10BrF2NO2. The number of hydrogen-bond acceptors (Lipinski definition) is 3. The SMILES string of the molecule is CC(N)C(O)c1cc(F)c(F)c(Br)c1O. The lowest BCUT2D eigenvalue weighted by atomic mass is 10.0. The predicted molar refractivity (Wildman–Crippen MR) is 54.3 cm³/mol. The van der Waals surface area contributed by atoms with Crippen LogP contribution in [0.4, 0.5) is 8.78 Å². The second-order valence-corrected chi connectivity index (χ2v) is 4.02. The Bertz CT molecular complexity index is 385. The van der Waals surface area contributed by atoms with Crippen LogP contribution in [0, 0.1) is 11.6 Å². The number of aromatic hydroxyl groups is 1. The number of aliphatic hydroxyl groups excluding tert-OH is 1. The third-order valence-electron chi connectivity index (χ3n) is 1.98. The molecule has 3 nitrogen and oxygen atoms in total. The Balaban J connectivity index is 3.32. The number of halogens is 3. The van der Waals surface area contributed by atoms with E-state index in [0.717, 1.165) is 6.07 Å². The molecule has 2 atom stereocenters. The molecule has 4 N–H and O–H groups in total. The van der Waals surface area contributed by atoms with Gasteiger partial charge in [0.2, 0.25) is 0 Å². The molecule has 1 aromatic carbocycles. The van der Waals surface area contributed by atoms with E-state index in [4.69, 9.17) is 5.73 Å². The molecule has 0 fully saturated rings. The fraction of sp³-hybridized carbons (Fsp3) is 0.333. The standard InChI is InChI=1S/C9H10BrF2NO2/c1-3(13)8(14)4-2-5(11)7(12)6(10)9(4)15/h2-3,8,14-15H,13H2,1H3. The van der Waals surface area contributed by atoms with Gasteiger partial charge in [0.25, 0.3) is 0 Å². The summed E-state index contributed by atoms with van der Waals surface area (Å²) in [5.74, 6) is -2.90. The first-order valence-electron chi connectivity index (χ1n) is 4.16. The first kappa shape index (κ1) is 12.4. The van der Waals surface area contributed by atoms with Crippen molar-refractivity contribution in [3.8, 4) is 5.75 Å². The van der Waals surface area contributed by atoms with Gasteiger partial charge in [0.05, 0.1) is 10.6 Å². The van der Waals surface area contributed by atoms with Gasteiger partial charge >= 0.3 is 0 Å². The van der Waals surface area contributed by atoms with Crippen LogP contribution in [0.1, 0.15) is 18.6 Å². The topological polar surface area (TPSA) is 66.5 Å². The summed E-state index contributed by atoms with van der Waals surface area (Å²) in [6.45, 7) is 1.49. The van der Waals surface area contributed by atoms with Crippen LogP contribution in [0.15, 0.2) is 10.5 Å². The minimum atomic E-state index is -1.25. The van der Waals surface area contributed by atoms with Crippen molar-refractivity contribution in [1.82, 2.24) is 0 Å². The Hall–Kier alpha value is -0.720. The highest BCUT2D eigenvalue weighted by Gasteiger charge is 2.22. The number of hydrogen-bond donors (Lipinski definition) is 3. The largest absolute Gasteiger partial charge is 0.506 e. The molecular weight excluding hydrogens is 272 g/mol. The zero-order valence-electron chi connectivity index (χ0n) is 7.84. The van der Waals surface area contributed by atoms with E-state index in [1.54, 1.807) is 0 Å². The molecule has 1 aromatic rings. The molecule has 0 amide bonds. The zero-order valence-corrected chi connectivity index (χ0v) is 9.42. The summed E-state index contributed by atoms with van der Waals surface area (Å²) in [5, 5.41) is 19.0. The molecule has 0 heterocycles. The normalized spacial score (nSPS) is 15.1. The smallest absolute Gasteiger partial charge is 0.176 e. The lowest BCUT2D eigenvalue weighted by Gasteiger charge is -2.17. The van der Waals surface area contributed by atoms with Gasteiger partial charge in [-0.25, -0.2) is 8.78 Å². The minimum Gasteiger partial charge on any atom is -0.506 e. The van der Waals surface area contributed by atoms with E-state index < -0.39 is 34.0 Å². The van der Waals surface area contributed by atoms with E-state index in [1.165, 1.54) is 6.92 Å². The molecule has 0 aromatic heterocycles. The molecule has 0 saturated heterocycles. The molecule has 0 bridgehead atoms. The van der Waals surface area contributed by atoms with Gasteiger partial charge < -0.3 is 15.9 Å². The zero-order chi connectivity index (χ0) is 11.7. The van der Waals surface area contributed by atoms with Gasteiger partial charge in [0.15, 0.2) is 11.6 Å². The van der Waals surface area contributed by atoms with Gasteiger partial charge in [-0.1, -0.05) is 0 Å². The summed E-state index contributed by atoms with van der Waals surface area (Å²) < 4.78 is 25.5. The van der Waals surface area contributed by atoms with Crippen molar-refractivity contribution >= 4 is 15.9 Å². The summed E-state index contributed by atoms with van der Waals surface area (Å²) in [6, 6.07) is 0.0244. The van der Waals surface area contributed by atoms with E-state index >= 15 is 0 Å². The molecule has 15 heavy (non-hydrogen) atoms. The molecule has 0 aliphatic rings. The van der Waals surface area contributed by atoms with Crippen molar-refractivity contribution < 1.29 is 19.0 Å². The van der Waals surface area contributed by atoms with E-state index in [0.29, 0.717) is 0 Å². The van der Waals surface area contributed by atoms with E-state index in [9.17, 15) is 19.0 Å². The van der Waals surface area contributed by atoms with Crippen LogP contribution in [-0.4, -0.2) is 16.3 Å². The Labute approximate surface area is 93.7 Å². The van der Waals surface area contributed by atoms with E-state index in [-0.39, 0.29) is 5.56 Å². The second-order valence-electron chi connectivity index (χ2n) is 3.23. The maximum Gasteiger partial charge on any atom is 0.176 e. The van der Waals surface area contributed by atoms with Crippen LogP contribution in [0.3, 0.4) is 0 Å². The minimum absolute atomic E-state index is 0.143. The van der Waals surface area contributed by atoms with Crippen LogP contribution in [0.5, 0.6) is 5.75 Å². The summed E-state index contributed by atoms with van der Waals surface area (Å²) in [4.78, 5) is 0. The summed E-state index contributed by atoms with van der Waals surface area (Å²) >= 11 is 2.68. The average molecular weight is 282 g/mol. The molecule has 0 saturated carbocycles.